The van der Waals surface area contributed by atoms with Gasteiger partial charge in [0.15, 0.2) is 0 Å². The molecule has 0 radical (unpaired) electrons. The van der Waals surface area contributed by atoms with E-state index in [9.17, 15) is 0 Å². The van der Waals surface area contributed by atoms with Gasteiger partial charge in [0, 0.05) is 35.1 Å². The third kappa shape index (κ3) is 2.57. The Labute approximate surface area is 122 Å². The standard InChI is InChI=1S/C14H17N5S/c1-10-12(7-17-18-10)13-8-19(9-20-13)14-5-11(6-15-2)3-4-16-14/h3-5,7-8,15H,6,9H2,1-2H3,(H,17,18). The Morgan fingerprint density at radius 1 is 1.50 bits per heavy atom. The van der Waals surface area contributed by atoms with E-state index < -0.39 is 0 Å². The fraction of sp³-hybridized carbons (Fsp3) is 0.286. The Kier molecular flexibility index (Phi) is 3.75. The average molecular weight is 287 g/mol. The highest BCUT2D eigenvalue weighted by Gasteiger charge is 2.19. The van der Waals surface area contributed by atoms with Gasteiger partial charge in [-0.1, -0.05) is 0 Å². The van der Waals surface area contributed by atoms with Crippen molar-refractivity contribution in [2.45, 2.75) is 13.5 Å². The summed E-state index contributed by atoms with van der Waals surface area (Å²) in [7, 11) is 1.95. The molecule has 5 nitrogen and oxygen atoms in total. The van der Waals surface area contributed by atoms with E-state index in [0.29, 0.717) is 0 Å². The summed E-state index contributed by atoms with van der Waals surface area (Å²) in [6, 6.07) is 4.16. The smallest absolute Gasteiger partial charge is 0.133 e. The first-order valence-corrected chi connectivity index (χ1v) is 7.47. The topological polar surface area (TPSA) is 56.8 Å². The van der Waals surface area contributed by atoms with Gasteiger partial charge in [-0.05, 0) is 31.7 Å². The van der Waals surface area contributed by atoms with Gasteiger partial charge in [0.05, 0.1) is 12.1 Å². The third-order valence-corrected chi connectivity index (χ3v) is 4.26. The Morgan fingerprint density at radius 3 is 3.15 bits per heavy atom. The van der Waals surface area contributed by atoms with E-state index in [1.807, 2.05) is 44.2 Å². The molecule has 0 bridgehead atoms. The second-order valence-corrected chi connectivity index (χ2v) is 5.68. The van der Waals surface area contributed by atoms with Gasteiger partial charge in [0.1, 0.15) is 5.82 Å². The number of anilines is 1. The highest BCUT2D eigenvalue weighted by molar-refractivity contribution is 8.08. The van der Waals surface area contributed by atoms with E-state index >= 15 is 0 Å². The van der Waals surface area contributed by atoms with Gasteiger partial charge < -0.3 is 10.2 Å². The summed E-state index contributed by atoms with van der Waals surface area (Å²) in [4.78, 5) is 7.86. The summed E-state index contributed by atoms with van der Waals surface area (Å²) in [5, 5.41) is 10.2. The van der Waals surface area contributed by atoms with E-state index in [-0.39, 0.29) is 0 Å². The number of aromatic nitrogens is 3. The molecule has 2 aromatic heterocycles. The van der Waals surface area contributed by atoms with Crippen LogP contribution in [0.4, 0.5) is 5.82 Å². The van der Waals surface area contributed by atoms with Gasteiger partial charge >= 0.3 is 0 Å². The van der Waals surface area contributed by atoms with Crippen LogP contribution in [0.15, 0.2) is 30.7 Å². The monoisotopic (exact) mass is 287 g/mol. The summed E-state index contributed by atoms with van der Waals surface area (Å²) < 4.78 is 0. The van der Waals surface area contributed by atoms with E-state index in [1.165, 1.54) is 16.0 Å². The lowest BCUT2D eigenvalue weighted by molar-refractivity contribution is 0.815. The Hall–Kier alpha value is -1.79. The number of thioether (sulfide) groups is 1. The molecule has 3 rings (SSSR count). The van der Waals surface area contributed by atoms with Crippen molar-refractivity contribution in [3.63, 3.8) is 0 Å². The number of H-pyrrole nitrogens is 1. The van der Waals surface area contributed by atoms with Crippen molar-refractivity contribution in [2.24, 2.45) is 0 Å². The highest BCUT2D eigenvalue weighted by Crippen LogP contribution is 2.36. The van der Waals surface area contributed by atoms with Crippen LogP contribution >= 0.6 is 11.8 Å². The van der Waals surface area contributed by atoms with Gasteiger partial charge in [-0.3, -0.25) is 5.10 Å². The van der Waals surface area contributed by atoms with Gasteiger partial charge in [-0.25, -0.2) is 4.98 Å². The first-order chi connectivity index (χ1) is 9.78. The van der Waals surface area contributed by atoms with Crippen molar-refractivity contribution in [2.75, 3.05) is 17.8 Å². The summed E-state index contributed by atoms with van der Waals surface area (Å²) in [6.07, 6.45) is 5.89. The second-order valence-electron chi connectivity index (χ2n) is 4.70. The molecule has 0 atom stereocenters. The van der Waals surface area contributed by atoms with Gasteiger partial charge in [-0.15, -0.1) is 11.8 Å². The SMILES string of the molecule is CNCc1ccnc(N2C=C(c3cn[nH]c3C)SC2)c1. The molecular weight excluding hydrogens is 270 g/mol. The van der Waals surface area contributed by atoms with Crippen LogP contribution in [-0.2, 0) is 6.54 Å². The number of nitrogens with one attached hydrogen (secondary N) is 2. The molecule has 0 spiro atoms. The van der Waals surface area contributed by atoms with Gasteiger partial charge in [0.2, 0.25) is 0 Å². The van der Waals surface area contributed by atoms with Crippen molar-refractivity contribution in [3.05, 3.63) is 47.5 Å². The molecule has 0 saturated heterocycles. The number of pyridine rings is 1. The zero-order chi connectivity index (χ0) is 13.9. The Bertz CT molecular complexity index is 634. The zero-order valence-corrected chi connectivity index (χ0v) is 12.4. The quantitative estimate of drug-likeness (QED) is 0.904. The molecule has 0 fully saturated rings. The largest absolute Gasteiger partial charge is 0.322 e. The molecule has 2 N–H and O–H groups in total. The number of aryl methyl sites for hydroxylation is 1. The fourth-order valence-electron chi connectivity index (χ4n) is 2.17. The number of rotatable bonds is 4. The first-order valence-electron chi connectivity index (χ1n) is 6.49. The van der Waals surface area contributed by atoms with Crippen LogP contribution in [0.25, 0.3) is 4.91 Å². The minimum Gasteiger partial charge on any atom is -0.322 e. The highest BCUT2D eigenvalue weighted by atomic mass is 32.2. The second kappa shape index (κ2) is 5.68. The van der Waals surface area contributed by atoms with Crippen molar-refractivity contribution in [1.29, 1.82) is 0 Å². The maximum absolute atomic E-state index is 4.46. The summed E-state index contributed by atoms with van der Waals surface area (Å²) in [5.41, 5.74) is 3.51. The Balaban J connectivity index is 1.84. The lowest BCUT2D eigenvalue weighted by atomic mass is 10.2. The number of hydrogen-bond donors (Lipinski definition) is 2. The number of nitrogens with zero attached hydrogens (tertiary/aromatic N) is 3. The van der Waals surface area contributed by atoms with Gasteiger partial charge in [-0.2, -0.15) is 5.10 Å². The molecule has 1 aliphatic heterocycles. The molecule has 0 saturated carbocycles. The first kappa shape index (κ1) is 13.2. The van der Waals surface area contributed by atoms with Crippen LogP contribution in [-0.4, -0.2) is 28.1 Å². The van der Waals surface area contributed by atoms with Crippen LogP contribution in [0.2, 0.25) is 0 Å². The van der Waals surface area contributed by atoms with Gasteiger partial charge in [0.25, 0.3) is 0 Å². The van der Waals surface area contributed by atoms with Crippen LogP contribution in [0.5, 0.6) is 0 Å². The fourth-order valence-corrected chi connectivity index (χ4v) is 3.21. The molecule has 0 amide bonds. The molecule has 1 aliphatic rings. The van der Waals surface area contributed by atoms with E-state index in [0.717, 1.165) is 23.9 Å². The van der Waals surface area contributed by atoms with Crippen molar-refractivity contribution in [1.82, 2.24) is 20.5 Å². The third-order valence-electron chi connectivity index (χ3n) is 3.21. The van der Waals surface area contributed by atoms with Crippen LogP contribution in [0.3, 0.4) is 0 Å². The molecule has 6 heteroatoms. The van der Waals surface area contributed by atoms with Crippen molar-refractivity contribution in [3.8, 4) is 0 Å². The maximum Gasteiger partial charge on any atom is 0.133 e. The molecule has 0 aromatic carbocycles. The maximum atomic E-state index is 4.46. The summed E-state index contributed by atoms with van der Waals surface area (Å²) >= 11 is 1.81. The van der Waals surface area contributed by atoms with E-state index in [4.69, 9.17) is 0 Å². The Morgan fingerprint density at radius 2 is 2.40 bits per heavy atom. The summed E-state index contributed by atoms with van der Waals surface area (Å²) in [5.74, 6) is 1.87. The molecule has 20 heavy (non-hydrogen) atoms. The molecule has 0 aliphatic carbocycles. The minimum atomic E-state index is 0.855. The predicted molar refractivity (Wildman–Crippen MR) is 83.2 cm³/mol. The van der Waals surface area contributed by atoms with Crippen molar-refractivity contribution < 1.29 is 0 Å². The molecule has 2 aromatic rings. The van der Waals surface area contributed by atoms with E-state index in [2.05, 4.69) is 37.7 Å². The van der Waals surface area contributed by atoms with Crippen molar-refractivity contribution >= 4 is 22.5 Å². The number of hydrogen-bond acceptors (Lipinski definition) is 5. The zero-order valence-electron chi connectivity index (χ0n) is 11.6. The predicted octanol–water partition coefficient (Wildman–Crippen LogP) is 2.34. The number of aromatic amines is 1. The minimum absolute atomic E-state index is 0.855. The molecule has 3 heterocycles. The van der Waals surface area contributed by atoms with E-state index in [1.54, 1.807) is 0 Å². The van der Waals surface area contributed by atoms with Crippen LogP contribution in [0.1, 0.15) is 16.8 Å². The normalized spacial score (nSPS) is 14.7. The van der Waals surface area contributed by atoms with Crippen LogP contribution in [0, 0.1) is 6.92 Å². The lowest BCUT2D eigenvalue weighted by Gasteiger charge is -2.14. The molecular formula is C14H17N5S. The average Bonchev–Trinajstić information content (AvgIpc) is 3.08. The molecule has 0 unspecified atom stereocenters. The molecule has 104 valence electrons. The summed E-state index contributed by atoms with van der Waals surface area (Å²) in [6.45, 7) is 2.89. The van der Waals surface area contributed by atoms with Crippen LogP contribution < -0.4 is 10.2 Å². The lowest BCUT2D eigenvalue weighted by Crippen LogP contribution is -2.13.